The van der Waals surface area contributed by atoms with Crippen molar-refractivity contribution in [3.05, 3.63) is 52.8 Å². The van der Waals surface area contributed by atoms with Crippen molar-refractivity contribution >= 4 is 38.0 Å². The second-order valence-electron chi connectivity index (χ2n) is 4.96. The highest BCUT2D eigenvalue weighted by molar-refractivity contribution is 9.10. The fourth-order valence-electron chi connectivity index (χ4n) is 2.49. The van der Waals surface area contributed by atoms with E-state index in [-0.39, 0.29) is 0 Å². The third kappa shape index (κ3) is 2.10. The maximum absolute atomic E-state index is 4.71. The van der Waals surface area contributed by atoms with Crippen molar-refractivity contribution in [2.75, 3.05) is 0 Å². The van der Waals surface area contributed by atoms with Gasteiger partial charge < -0.3 is 4.98 Å². The summed E-state index contributed by atoms with van der Waals surface area (Å²) < 4.78 is 1.05. The Hall–Kier alpha value is -2.27. The molecule has 0 radical (unpaired) electrons. The standard InChI is InChI=1S/C16H11BrN4/c1-9-6-11(17)8-14-15(9)21-16(20-14)10-2-3-12-13(7-10)19-5-4-18-12/h2-8H,1H3,(H,20,21). The summed E-state index contributed by atoms with van der Waals surface area (Å²) in [5, 5.41) is 0. The summed E-state index contributed by atoms with van der Waals surface area (Å²) in [6, 6.07) is 10.1. The van der Waals surface area contributed by atoms with Crippen LogP contribution in [0, 0.1) is 6.92 Å². The lowest BCUT2D eigenvalue weighted by atomic mass is 10.2. The van der Waals surface area contributed by atoms with Gasteiger partial charge in [0, 0.05) is 22.4 Å². The highest BCUT2D eigenvalue weighted by atomic mass is 79.9. The fraction of sp³-hybridized carbons (Fsp3) is 0.0625. The van der Waals surface area contributed by atoms with E-state index >= 15 is 0 Å². The predicted octanol–water partition coefficient (Wildman–Crippen LogP) is 4.24. The van der Waals surface area contributed by atoms with Gasteiger partial charge in [0.25, 0.3) is 0 Å². The Kier molecular flexibility index (Phi) is 2.75. The van der Waals surface area contributed by atoms with Crippen LogP contribution >= 0.6 is 15.9 Å². The van der Waals surface area contributed by atoms with Crippen molar-refractivity contribution in [2.24, 2.45) is 0 Å². The summed E-state index contributed by atoms with van der Waals surface area (Å²) in [5.41, 5.74) is 5.92. The van der Waals surface area contributed by atoms with E-state index < -0.39 is 0 Å². The topological polar surface area (TPSA) is 54.5 Å². The lowest BCUT2D eigenvalue weighted by molar-refractivity contribution is 1.28. The van der Waals surface area contributed by atoms with Crippen molar-refractivity contribution in [3.63, 3.8) is 0 Å². The van der Waals surface area contributed by atoms with Crippen LogP contribution in [0.4, 0.5) is 0 Å². The molecular weight excluding hydrogens is 328 g/mol. The van der Waals surface area contributed by atoms with Crippen LogP contribution < -0.4 is 0 Å². The minimum Gasteiger partial charge on any atom is -0.338 e. The number of nitrogens with zero attached hydrogens (tertiary/aromatic N) is 3. The molecule has 0 bridgehead atoms. The Morgan fingerprint density at radius 3 is 2.67 bits per heavy atom. The zero-order valence-electron chi connectivity index (χ0n) is 11.3. The van der Waals surface area contributed by atoms with E-state index in [9.17, 15) is 0 Å². The molecule has 0 fully saturated rings. The van der Waals surface area contributed by atoms with Crippen LogP contribution in [-0.4, -0.2) is 19.9 Å². The molecule has 4 rings (SSSR count). The first-order valence-electron chi connectivity index (χ1n) is 6.58. The predicted molar refractivity (Wildman–Crippen MR) is 87.1 cm³/mol. The molecule has 2 heterocycles. The van der Waals surface area contributed by atoms with E-state index in [2.05, 4.69) is 43.9 Å². The number of H-pyrrole nitrogens is 1. The minimum atomic E-state index is 0.846. The molecule has 2 aromatic heterocycles. The number of nitrogens with one attached hydrogen (secondary N) is 1. The van der Waals surface area contributed by atoms with E-state index in [1.807, 2.05) is 24.3 Å². The third-order valence-corrected chi connectivity index (χ3v) is 3.94. The van der Waals surface area contributed by atoms with Gasteiger partial charge in [-0.25, -0.2) is 4.98 Å². The van der Waals surface area contributed by atoms with Gasteiger partial charge in [-0.15, -0.1) is 0 Å². The van der Waals surface area contributed by atoms with Gasteiger partial charge in [-0.2, -0.15) is 0 Å². The monoisotopic (exact) mass is 338 g/mol. The molecule has 0 saturated carbocycles. The maximum atomic E-state index is 4.71. The molecule has 0 amide bonds. The highest BCUT2D eigenvalue weighted by Gasteiger charge is 2.09. The average molecular weight is 339 g/mol. The first-order valence-corrected chi connectivity index (χ1v) is 7.37. The number of imidazole rings is 1. The number of fused-ring (bicyclic) bond motifs is 2. The van der Waals surface area contributed by atoms with E-state index in [4.69, 9.17) is 4.98 Å². The van der Waals surface area contributed by atoms with E-state index in [0.29, 0.717) is 0 Å². The summed E-state index contributed by atoms with van der Waals surface area (Å²) in [4.78, 5) is 16.7. The molecule has 0 saturated heterocycles. The van der Waals surface area contributed by atoms with Gasteiger partial charge in [-0.05, 0) is 42.8 Å². The lowest BCUT2D eigenvalue weighted by Gasteiger charge is -1.99. The molecule has 4 aromatic rings. The number of rotatable bonds is 1. The third-order valence-electron chi connectivity index (χ3n) is 3.48. The van der Waals surface area contributed by atoms with Crippen LogP contribution in [0.3, 0.4) is 0 Å². The van der Waals surface area contributed by atoms with Crippen LogP contribution in [-0.2, 0) is 0 Å². The summed E-state index contributed by atoms with van der Waals surface area (Å²) >= 11 is 3.52. The lowest BCUT2D eigenvalue weighted by Crippen LogP contribution is -1.85. The first kappa shape index (κ1) is 12.5. The fourth-order valence-corrected chi connectivity index (χ4v) is 3.07. The number of benzene rings is 2. The molecule has 0 spiro atoms. The summed E-state index contributed by atoms with van der Waals surface area (Å²) in [6.45, 7) is 2.06. The second kappa shape index (κ2) is 4.63. The Bertz CT molecular complexity index is 975. The Balaban J connectivity index is 1.93. The molecule has 1 N–H and O–H groups in total. The quantitative estimate of drug-likeness (QED) is 0.564. The first-order chi connectivity index (χ1) is 10.2. The van der Waals surface area contributed by atoms with Crippen molar-refractivity contribution < 1.29 is 0 Å². The number of hydrogen-bond donors (Lipinski definition) is 1. The van der Waals surface area contributed by atoms with Crippen LogP contribution in [0.25, 0.3) is 33.5 Å². The Morgan fingerprint density at radius 1 is 1.00 bits per heavy atom. The zero-order valence-corrected chi connectivity index (χ0v) is 12.8. The normalized spacial score (nSPS) is 11.3. The van der Waals surface area contributed by atoms with Crippen molar-refractivity contribution in [1.29, 1.82) is 0 Å². The second-order valence-corrected chi connectivity index (χ2v) is 5.88. The molecule has 4 nitrogen and oxygen atoms in total. The number of hydrogen-bond acceptors (Lipinski definition) is 3. The maximum Gasteiger partial charge on any atom is 0.138 e. The molecule has 102 valence electrons. The van der Waals surface area contributed by atoms with Crippen molar-refractivity contribution in [2.45, 2.75) is 6.92 Å². The molecule has 0 unspecified atom stereocenters. The average Bonchev–Trinajstić information content (AvgIpc) is 2.91. The van der Waals surface area contributed by atoms with E-state index in [1.54, 1.807) is 12.4 Å². The number of aromatic amines is 1. The number of halogens is 1. The van der Waals surface area contributed by atoms with Gasteiger partial charge in [-0.3, -0.25) is 9.97 Å². The summed E-state index contributed by atoms with van der Waals surface area (Å²) in [6.07, 6.45) is 3.40. The zero-order chi connectivity index (χ0) is 14.4. The summed E-state index contributed by atoms with van der Waals surface area (Å²) in [7, 11) is 0. The molecule has 0 aliphatic carbocycles. The molecule has 5 heteroatoms. The van der Waals surface area contributed by atoms with Crippen molar-refractivity contribution in [3.8, 4) is 11.4 Å². The number of aromatic nitrogens is 4. The molecular formula is C16H11BrN4. The smallest absolute Gasteiger partial charge is 0.138 e. The Labute approximate surface area is 129 Å². The molecule has 21 heavy (non-hydrogen) atoms. The van der Waals surface area contributed by atoms with Gasteiger partial charge in [0.1, 0.15) is 5.82 Å². The van der Waals surface area contributed by atoms with Crippen LogP contribution in [0.5, 0.6) is 0 Å². The Morgan fingerprint density at radius 2 is 1.81 bits per heavy atom. The SMILES string of the molecule is Cc1cc(Br)cc2[nH]c(-c3ccc4nccnc4c3)nc12. The van der Waals surface area contributed by atoms with Gasteiger partial charge in [0.15, 0.2) is 0 Å². The van der Waals surface area contributed by atoms with Crippen LogP contribution in [0.2, 0.25) is 0 Å². The van der Waals surface area contributed by atoms with E-state index in [1.165, 1.54) is 0 Å². The molecule has 0 atom stereocenters. The van der Waals surface area contributed by atoms with Crippen LogP contribution in [0.1, 0.15) is 5.56 Å². The number of aryl methyl sites for hydroxylation is 1. The van der Waals surface area contributed by atoms with Gasteiger partial charge >= 0.3 is 0 Å². The summed E-state index contributed by atoms with van der Waals surface area (Å²) in [5.74, 6) is 0.846. The van der Waals surface area contributed by atoms with Crippen molar-refractivity contribution in [1.82, 2.24) is 19.9 Å². The highest BCUT2D eigenvalue weighted by Crippen LogP contribution is 2.27. The molecule has 0 aliphatic rings. The van der Waals surface area contributed by atoms with Gasteiger partial charge in [0.05, 0.1) is 22.1 Å². The van der Waals surface area contributed by atoms with Gasteiger partial charge in [-0.1, -0.05) is 15.9 Å². The van der Waals surface area contributed by atoms with Crippen LogP contribution in [0.15, 0.2) is 47.2 Å². The van der Waals surface area contributed by atoms with E-state index in [0.717, 1.165) is 43.5 Å². The minimum absolute atomic E-state index is 0.846. The molecule has 2 aromatic carbocycles. The van der Waals surface area contributed by atoms with Gasteiger partial charge in [0.2, 0.25) is 0 Å². The molecule has 0 aliphatic heterocycles. The largest absolute Gasteiger partial charge is 0.338 e.